The second-order valence-corrected chi connectivity index (χ2v) is 11.8. The van der Waals surface area contributed by atoms with Crippen molar-refractivity contribution in [2.24, 2.45) is 5.92 Å². The molecular formula is C23H32N6O3S2. The van der Waals surface area contributed by atoms with E-state index in [1.54, 1.807) is 18.3 Å². The molecule has 0 bridgehead atoms. The number of hydrogen-bond acceptors (Lipinski definition) is 8. The van der Waals surface area contributed by atoms with Gasteiger partial charge in [-0.15, -0.1) is 11.3 Å². The van der Waals surface area contributed by atoms with Crippen molar-refractivity contribution in [1.29, 1.82) is 10.8 Å². The van der Waals surface area contributed by atoms with E-state index in [1.165, 1.54) is 6.20 Å². The molecule has 1 amide bonds. The van der Waals surface area contributed by atoms with Gasteiger partial charge in [-0.3, -0.25) is 19.9 Å². The normalized spacial score (nSPS) is 15.4. The van der Waals surface area contributed by atoms with Crippen LogP contribution < -0.4 is 10.0 Å². The molecule has 2 heterocycles. The second-order valence-electron chi connectivity index (χ2n) is 8.77. The van der Waals surface area contributed by atoms with Crippen LogP contribution in [-0.4, -0.2) is 41.5 Å². The van der Waals surface area contributed by atoms with Gasteiger partial charge in [0.2, 0.25) is 10.0 Å². The molecule has 1 fully saturated rings. The summed E-state index contributed by atoms with van der Waals surface area (Å²) in [6, 6.07) is 2.87. The van der Waals surface area contributed by atoms with Crippen molar-refractivity contribution < 1.29 is 13.2 Å². The Hall–Kier alpha value is -2.66. The predicted molar refractivity (Wildman–Crippen MR) is 136 cm³/mol. The Morgan fingerprint density at radius 1 is 1.32 bits per heavy atom. The summed E-state index contributed by atoms with van der Waals surface area (Å²) in [7, 11) is -3.41. The number of anilines is 1. The van der Waals surface area contributed by atoms with Crippen LogP contribution in [0.1, 0.15) is 85.2 Å². The molecule has 0 saturated heterocycles. The molecule has 34 heavy (non-hydrogen) atoms. The lowest BCUT2D eigenvalue weighted by molar-refractivity contribution is 0.0929. The third-order valence-corrected chi connectivity index (χ3v) is 8.61. The molecule has 2 aromatic heterocycles. The summed E-state index contributed by atoms with van der Waals surface area (Å²) in [6.45, 7) is 4.30. The number of aromatic nitrogens is 2. The van der Waals surface area contributed by atoms with Crippen LogP contribution >= 0.6 is 11.3 Å². The van der Waals surface area contributed by atoms with E-state index < -0.39 is 16.1 Å². The van der Waals surface area contributed by atoms with Gasteiger partial charge in [-0.25, -0.2) is 13.4 Å². The zero-order valence-corrected chi connectivity index (χ0v) is 21.1. The van der Waals surface area contributed by atoms with Gasteiger partial charge in [-0.2, -0.15) is 0 Å². The Morgan fingerprint density at radius 2 is 2.09 bits per heavy atom. The first-order valence-electron chi connectivity index (χ1n) is 11.6. The average molecular weight is 505 g/mol. The molecule has 0 radical (unpaired) electrons. The third-order valence-electron chi connectivity index (χ3n) is 5.72. The highest BCUT2D eigenvalue weighted by molar-refractivity contribution is 7.93. The van der Waals surface area contributed by atoms with Crippen molar-refractivity contribution in [1.82, 2.24) is 15.3 Å². The SMILES string of the molecule is CCCCC[C@H](C)CC(NC(=O)c1ncc(C(=N)C=N)s1)c1cc(NS(=O)(=O)C2CC2)ccn1. The van der Waals surface area contributed by atoms with Crippen LogP contribution in [0.5, 0.6) is 0 Å². The number of amides is 1. The highest BCUT2D eigenvalue weighted by Gasteiger charge is 2.35. The van der Waals surface area contributed by atoms with Crippen LogP contribution in [0.2, 0.25) is 0 Å². The Balaban J connectivity index is 1.79. The lowest BCUT2D eigenvalue weighted by Crippen LogP contribution is -2.30. The molecule has 0 aromatic carbocycles. The van der Waals surface area contributed by atoms with Gasteiger partial charge in [0.1, 0.15) is 0 Å². The smallest absolute Gasteiger partial charge is 0.280 e. The van der Waals surface area contributed by atoms with Crippen LogP contribution in [0.4, 0.5) is 5.69 Å². The molecule has 1 aliphatic carbocycles. The minimum absolute atomic E-state index is 0.00467. The standard InChI is InChI=1S/C23H32N6O3S2/c1-3-4-5-6-15(2)11-20(28-22(30)23-27-14-21(33-23)18(25)13-24)19-12-16(9-10-26-19)29-34(31,32)17-7-8-17/h9-10,12-15,17,20,24-25H,3-8,11H2,1-2H3,(H,26,29)(H,28,30)/t15-,20?/m0/s1. The number of carbonyl (C=O) groups is 1. The van der Waals surface area contributed by atoms with Crippen molar-refractivity contribution in [2.45, 2.75) is 70.1 Å². The first kappa shape index (κ1) is 26.0. The van der Waals surface area contributed by atoms with Gasteiger partial charge >= 0.3 is 0 Å². The Morgan fingerprint density at radius 3 is 2.76 bits per heavy atom. The lowest BCUT2D eigenvalue weighted by atomic mass is 9.94. The van der Waals surface area contributed by atoms with Gasteiger partial charge in [0.05, 0.1) is 33.3 Å². The average Bonchev–Trinajstić information content (AvgIpc) is 3.56. The highest BCUT2D eigenvalue weighted by atomic mass is 32.2. The summed E-state index contributed by atoms with van der Waals surface area (Å²) in [5, 5.41) is 17.8. The minimum atomic E-state index is -3.41. The number of nitrogens with zero attached hydrogens (tertiary/aromatic N) is 2. The zero-order valence-electron chi connectivity index (χ0n) is 19.5. The fourth-order valence-corrected chi connectivity index (χ4v) is 5.76. The van der Waals surface area contributed by atoms with Crippen LogP contribution in [0.3, 0.4) is 0 Å². The topological polar surface area (TPSA) is 149 Å². The Bertz CT molecular complexity index is 1130. The number of unbranched alkanes of at least 4 members (excludes halogenated alkanes) is 2. The molecule has 11 heteroatoms. The summed E-state index contributed by atoms with van der Waals surface area (Å²) >= 11 is 1.06. The molecule has 0 spiro atoms. The monoisotopic (exact) mass is 504 g/mol. The Labute approximate surface area is 204 Å². The fraction of sp³-hybridized carbons (Fsp3) is 0.522. The lowest BCUT2D eigenvalue weighted by Gasteiger charge is -2.22. The van der Waals surface area contributed by atoms with Gasteiger partial charge in [0.15, 0.2) is 5.01 Å². The maximum absolute atomic E-state index is 13.0. The van der Waals surface area contributed by atoms with E-state index in [-0.39, 0.29) is 21.9 Å². The van der Waals surface area contributed by atoms with E-state index in [2.05, 4.69) is 33.9 Å². The fourth-order valence-electron chi connectivity index (χ4n) is 3.64. The summed E-state index contributed by atoms with van der Waals surface area (Å²) in [6.07, 6.45) is 10.3. The van der Waals surface area contributed by atoms with Gasteiger partial charge < -0.3 is 10.7 Å². The molecule has 0 aliphatic heterocycles. The molecule has 1 saturated carbocycles. The number of pyridine rings is 1. The van der Waals surface area contributed by atoms with E-state index in [1.807, 2.05) is 0 Å². The molecule has 2 aromatic rings. The number of carbonyl (C=O) groups excluding carboxylic acids is 1. The predicted octanol–water partition coefficient (Wildman–Crippen LogP) is 4.54. The number of thiazole rings is 1. The zero-order chi connectivity index (χ0) is 24.7. The molecule has 184 valence electrons. The van der Waals surface area contributed by atoms with Gasteiger partial charge in [-0.05, 0) is 37.3 Å². The molecule has 4 N–H and O–H groups in total. The van der Waals surface area contributed by atoms with Crippen LogP contribution in [0, 0.1) is 16.7 Å². The minimum Gasteiger partial charge on any atom is -0.342 e. The van der Waals surface area contributed by atoms with Crippen molar-refractivity contribution >= 4 is 44.9 Å². The summed E-state index contributed by atoms with van der Waals surface area (Å²) in [5.74, 6) is -0.0611. The molecule has 3 rings (SSSR count). The summed E-state index contributed by atoms with van der Waals surface area (Å²) in [5.41, 5.74) is 1.01. The quantitative estimate of drug-likeness (QED) is 0.220. The number of hydrogen-bond donors (Lipinski definition) is 4. The first-order chi connectivity index (χ1) is 16.2. The van der Waals surface area contributed by atoms with Gasteiger partial charge in [0.25, 0.3) is 5.91 Å². The highest BCUT2D eigenvalue weighted by Crippen LogP contribution is 2.31. The maximum Gasteiger partial charge on any atom is 0.280 e. The van der Waals surface area contributed by atoms with Gasteiger partial charge in [0, 0.05) is 18.6 Å². The van der Waals surface area contributed by atoms with Crippen molar-refractivity contribution in [2.75, 3.05) is 4.72 Å². The van der Waals surface area contributed by atoms with Crippen LogP contribution in [0.25, 0.3) is 0 Å². The molecule has 1 unspecified atom stereocenters. The van der Waals surface area contributed by atoms with Gasteiger partial charge in [-0.1, -0.05) is 39.5 Å². The Kier molecular flexibility index (Phi) is 8.90. The molecule has 1 aliphatic rings. The van der Waals surface area contributed by atoms with Crippen molar-refractivity contribution in [3.8, 4) is 0 Å². The summed E-state index contributed by atoms with van der Waals surface area (Å²) < 4.78 is 27.4. The molecular weight excluding hydrogens is 472 g/mol. The van der Waals surface area contributed by atoms with Crippen LogP contribution in [0.15, 0.2) is 24.5 Å². The largest absolute Gasteiger partial charge is 0.342 e. The third kappa shape index (κ3) is 7.17. The number of sulfonamides is 1. The van der Waals surface area contributed by atoms with Crippen LogP contribution in [-0.2, 0) is 10.0 Å². The van der Waals surface area contributed by atoms with E-state index in [4.69, 9.17) is 10.8 Å². The van der Waals surface area contributed by atoms with E-state index >= 15 is 0 Å². The van der Waals surface area contributed by atoms with E-state index in [0.717, 1.165) is 43.2 Å². The first-order valence-corrected chi connectivity index (χ1v) is 13.9. The van der Waals surface area contributed by atoms with Crippen molar-refractivity contribution in [3.05, 3.63) is 40.1 Å². The maximum atomic E-state index is 13.0. The number of rotatable bonds is 14. The second kappa shape index (κ2) is 11.7. The molecule has 2 atom stereocenters. The van der Waals surface area contributed by atoms with E-state index in [0.29, 0.717) is 41.4 Å². The van der Waals surface area contributed by atoms with E-state index in [9.17, 15) is 13.2 Å². The number of nitrogens with one attached hydrogen (secondary N) is 4. The van der Waals surface area contributed by atoms with Crippen molar-refractivity contribution in [3.63, 3.8) is 0 Å². The molecule has 9 nitrogen and oxygen atoms in total. The summed E-state index contributed by atoms with van der Waals surface area (Å²) in [4.78, 5) is 22.0.